The molecule has 0 spiro atoms. The number of carbonyl (C=O) groups excluding carboxylic acids is 7. The predicted molar refractivity (Wildman–Crippen MR) is 274 cm³/mol. The highest BCUT2D eigenvalue weighted by atomic mass is 33.1. The number of rotatable bonds is 36. The zero-order valence-electron chi connectivity index (χ0n) is 41.2. The molecule has 428 valence electrons. The first-order valence-electron chi connectivity index (χ1n) is 23.0. The lowest BCUT2D eigenvalue weighted by atomic mass is 10.1. The largest absolute Gasteiger partial charge is 0.481 e. The Morgan fingerprint density at radius 2 is 1.25 bits per heavy atom. The van der Waals surface area contributed by atoms with Gasteiger partial charge in [0.1, 0.15) is 42.9 Å². The number of amides is 6. The number of nitrogens with zero attached hydrogens (tertiary/aromatic N) is 3. The van der Waals surface area contributed by atoms with Crippen molar-refractivity contribution in [1.82, 2.24) is 57.2 Å². The fraction of sp³-hybridized carbons (Fsp3) is 0.419. The molecule has 0 saturated heterocycles. The van der Waals surface area contributed by atoms with Crippen LogP contribution in [-0.2, 0) is 64.0 Å². The van der Waals surface area contributed by atoms with E-state index in [4.69, 9.17) is 16.9 Å². The summed E-state index contributed by atoms with van der Waals surface area (Å²) in [6.45, 7) is 0.144. The molecule has 0 aliphatic carbocycles. The molecule has 0 aliphatic heterocycles. The van der Waals surface area contributed by atoms with Crippen molar-refractivity contribution in [3.05, 3.63) is 52.1 Å². The van der Waals surface area contributed by atoms with Gasteiger partial charge in [-0.2, -0.15) is 4.98 Å². The monoisotopic (exact) mass is 1150 g/mol. The summed E-state index contributed by atoms with van der Waals surface area (Å²) in [5.41, 5.74) is 11.0. The number of aromatic nitrogens is 4. The number of carboxylic acid groups (broad SMARTS) is 5. The number of ether oxygens (including phenoxy) is 1. The lowest BCUT2D eigenvalue weighted by Gasteiger charge is -2.26. The average molecular weight is 1150 g/mol. The Morgan fingerprint density at radius 1 is 0.709 bits per heavy atom. The van der Waals surface area contributed by atoms with Crippen molar-refractivity contribution in [2.45, 2.75) is 87.7 Å². The Labute approximate surface area is 452 Å². The van der Waals surface area contributed by atoms with E-state index in [0.29, 0.717) is 11.4 Å². The third-order valence-electron chi connectivity index (χ3n) is 10.3. The van der Waals surface area contributed by atoms with E-state index in [1.54, 1.807) is 0 Å². The van der Waals surface area contributed by atoms with E-state index in [1.165, 1.54) is 30.5 Å². The van der Waals surface area contributed by atoms with Gasteiger partial charge in [-0.15, -0.1) is 0 Å². The normalized spacial score (nSPS) is 13.0. The molecule has 6 amide bonds. The molecular weight excluding hydrogens is 1090 g/mol. The molecule has 0 bridgehead atoms. The number of hydrogen-bond donors (Lipinski definition) is 17. The van der Waals surface area contributed by atoms with Crippen molar-refractivity contribution >= 4 is 122 Å². The van der Waals surface area contributed by atoms with Crippen LogP contribution in [0.15, 0.2) is 35.3 Å². The van der Waals surface area contributed by atoms with Gasteiger partial charge in [0.05, 0.1) is 37.7 Å². The van der Waals surface area contributed by atoms with Gasteiger partial charge in [0.15, 0.2) is 17.1 Å². The lowest BCUT2D eigenvalue weighted by Crippen LogP contribution is -2.59. The van der Waals surface area contributed by atoms with E-state index in [1.807, 2.05) is 5.32 Å². The Morgan fingerprint density at radius 3 is 1.80 bits per heavy atom. The summed E-state index contributed by atoms with van der Waals surface area (Å²) in [5.74, 6) is -16.4. The van der Waals surface area contributed by atoms with Gasteiger partial charge in [0, 0.05) is 35.7 Å². The van der Waals surface area contributed by atoms with E-state index in [0.717, 1.165) is 21.6 Å². The first-order chi connectivity index (χ1) is 37.4. The molecule has 0 saturated carbocycles. The van der Waals surface area contributed by atoms with E-state index in [2.05, 4.69) is 61.9 Å². The molecule has 0 radical (unpaired) electrons. The zero-order chi connectivity index (χ0) is 58.8. The predicted octanol–water partition coefficient (Wildman–Crippen LogP) is -4.38. The summed E-state index contributed by atoms with van der Waals surface area (Å²) in [4.78, 5) is 177. The number of carboxylic acids is 5. The maximum absolute atomic E-state index is 13.8. The fourth-order valence-corrected chi connectivity index (χ4v) is 8.54. The SMILES string of the molecule is N=C(N)NCCC[C@H](NC(=O)[C@H](CC(=O)O)NC(=O)CC[C@H](NC(=O)c1ccc(NCc2cnc3nc(N)[nH]c(=O)c3n2)cc1)C(=O)O)C(=O)N[C@@H](CC(=O)O)C(=O)N[C@@H](CC(=O)O)C(=O)N[C@@H](CSSCCOC=O)C(=O)O. The molecule has 3 rings (SSSR count). The number of aromatic amines is 1. The summed E-state index contributed by atoms with van der Waals surface area (Å²) in [5, 5.41) is 73.8. The second kappa shape index (κ2) is 32.3. The van der Waals surface area contributed by atoms with Gasteiger partial charge < -0.3 is 84.3 Å². The molecule has 2 heterocycles. The van der Waals surface area contributed by atoms with Crippen LogP contribution in [0.5, 0.6) is 0 Å². The Bertz CT molecular complexity index is 2810. The van der Waals surface area contributed by atoms with Crippen molar-refractivity contribution in [3.63, 3.8) is 0 Å². The maximum Gasteiger partial charge on any atom is 0.327 e. The number of nitrogen functional groups attached to an aromatic ring is 1. The highest BCUT2D eigenvalue weighted by Gasteiger charge is 2.35. The second-order valence-corrected chi connectivity index (χ2v) is 19.0. The van der Waals surface area contributed by atoms with Gasteiger partial charge in [-0.05, 0) is 43.5 Å². The Balaban J connectivity index is 1.71. The van der Waals surface area contributed by atoms with Crippen LogP contribution in [0.1, 0.15) is 61.0 Å². The molecule has 2 aromatic heterocycles. The number of aliphatic carboxylic acids is 5. The molecule has 36 heteroatoms. The highest BCUT2D eigenvalue weighted by molar-refractivity contribution is 8.76. The number of fused-ring (bicyclic) bond motifs is 1. The van der Waals surface area contributed by atoms with Crippen LogP contribution in [0.3, 0.4) is 0 Å². The molecular formula is C43H55N15O19S2. The topological polar surface area (TPSA) is 559 Å². The molecule has 1 aromatic carbocycles. The minimum atomic E-state index is -2.13. The van der Waals surface area contributed by atoms with Gasteiger partial charge >= 0.3 is 29.8 Å². The summed E-state index contributed by atoms with van der Waals surface area (Å²) in [7, 11) is 2.00. The van der Waals surface area contributed by atoms with Crippen LogP contribution in [0.25, 0.3) is 11.2 Å². The Hall–Kier alpha value is -9.35. The first-order valence-corrected chi connectivity index (χ1v) is 25.5. The highest BCUT2D eigenvalue weighted by Crippen LogP contribution is 2.22. The molecule has 79 heavy (non-hydrogen) atoms. The van der Waals surface area contributed by atoms with Gasteiger partial charge in [0.2, 0.25) is 35.5 Å². The molecule has 34 nitrogen and oxygen atoms in total. The van der Waals surface area contributed by atoms with E-state index >= 15 is 0 Å². The zero-order valence-corrected chi connectivity index (χ0v) is 42.8. The second-order valence-electron chi connectivity index (χ2n) is 16.4. The summed E-state index contributed by atoms with van der Waals surface area (Å²) in [6, 6.07) is -5.70. The van der Waals surface area contributed by atoms with Crippen LogP contribution in [0, 0.1) is 5.41 Å². The maximum atomic E-state index is 13.8. The Kier molecular flexibility index (Phi) is 26.1. The van der Waals surface area contributed by atoms with Crippen molar-refractivity contribution < 1.29 is 87.8 Å². The van der Waals surface area contributed by atoms with E-state index in [9.17, 15) is 87.9 Å². The number of anilines is 2. The number of benzene rings is 1. The van der Waals surface area contributed by atoms with Crippen molar-refractivity contribution in [3.8, 4) is 0 Å². The number of guanidine groups is 1. The van der Waals surface area contributed by atoms with Crippen LogP contribution in [0.4, 0.5) is 11.6 Å². The van der Waals surface area contributed by atoms with E-state index in [-0.39, 0.29) is 66.8 Å². The van der Waals surface area contributed by atoms with Crippen LogP contribution in [-0.4, -0.2) is 184 Å². The minimum Gasteiger partial charge on any atom is -0.481 e. The molecule has 0 aliphatic rings. The molecule has 0 unspecified atom stereocenters. The minimum absolute atomic E-state index is 0.0101. The van der Waals surface area contributed by atoms with Gasteiger partial charge in [-0.25, -0.2) is 19.6 Å². The third-order valence-corrected chi connectivity index (χ3v) is 12.7. The quantitative estimate of drug-likeness (QED) is 0.00860. The number of nitrogens with one attached hydrogen (secondary N) is 10. The van der Waals surface area contributed by atoms with E-state index < -0.39 is 152 Å². The number of H-pyrrole nitrogens is 1. The van der Waals surface area contributed by atoms with Gasteiger partial charge in [-0.1, -0.05) is 21.6 Å². The average Bonchev–Trinajstić information content (AvgIpc) is 3.37. The number of nitrogens with two attached hydrogens (primary N) is 2. The standard InChI is InChI=1S/C43H55N15O19S2/c44-42(45)47-9-1-2-22(35(68)54-25(13-30(63)64)37(70)55-26(14-31(65)66)38(71)56-27(41(75)76)17-79-78-11-10-77-18-59)52-36(69)24(12-29(61)62)51-28(60)8-7-23(40(73)74)53-34(67)19-3-5-20(6-4-19)48-15-21-16-49-33-32(50-21)39(72)58-43(46)57-33/h3-6,16,18,22-27,48H,1-2,7-15,17H2,(H,51,60)(H,52,69)(H,53,67)(H,54,68)(H,55,70)(H,56,71)(H,61,62)(H,63,64)(H,65,66)(H,73,74)(H,75,76)(H4,44,45,47)(H3,46,49,57,58,72)/t22-,23-,24-,25-,26-,27-/m0/s1. The van der Waals surface area contributed by atoms with Crippen LogP contribution >= 0.6 is 21.6 Å². The molecule has 3 aromatic rings. The molecule has 0 fully saturated rings. The summed E-state index contributed by atoms with van der Waals surface area (Å²) >= 11 is 0. The van der Waals surface area contributed by atoms with Crippen LogP contribution in [0.2, 0.25) is 0 Å². The van der Waals surface area contributed by atoms with Gasteiger partial charge in [-0.3, -0.25) is 63.1 Å². The van der Waals surface area contributed by atoms with Crippen molar-refractivity contribution in [2.75, 3.05) is 35.7 Å². The fourth-order valence-electron chi connectivity index (χ4n) is 6.55. The van der Waals surface area contributed by atoms with Crippen molar-refractivity contribution in [1.29, 1.82) is 5.41 Å². The van der Waals surface area contributed by atoms with Crippen molar-refractivity contribution in [2.24, 2.45) is 5.73 Å². The van der Waals surface area contributed by atoms with Crippen LogP contribution < -0.4 is 59.6 Å². The van der Waals surface area contributed by atoms with Gasteiger partial charge in [0.25, 0.3) is 17.9 Å². The molecule has 19 N–H and O–H groups in total. The summed E-state index contributed by atoms with van der Waals surface area (Å²) < 4.78 is 4.52. The smallest absolute Gasteiger partial charge is 0.327 e. The third kappa shape index (κ3) is 23.2. The lowest BCUT2D eigenvalue weighted by molar-refractivity contribution is -0.144. The first kappa shape index (κ1) is 63.9. The number of hydrogen-bond acceptors (Lipinski definition) is 22. The molecule has 6 atom stereocenters. The summed E-state index contributed by atoms with van der Waals surface area (Å²) in [6.07, 6.45) is -4.00. The number of carbonyl (C=O) groups is 12.